The molecule has 2 aliphatic heterocycles. The first kappa shape index (κ1) is 20.7. The van der Waals surface area contributed by atoms with E-state index in [0.717, 1.165) is 49.0 Å². The van der Waals surface area contributed by atoms with Crippen molar-refractivity contribution in [2.75, 3.05) is 50.8 Å². The van der Waals surface area contributed by atoms with Crippen LogP contribution in [0.4, 0.5) is 5.69 Å². The van der Waals surface area contributed by atoms with Gasteiger partial charge in [0.15, 0.2) is 0 Å². The highest BCUT2D eigenvalue weighted by molar-refractivity contribution is 8.04. The monoisotopic (exact) mass is 423 g/mol. The number of ether oxygens (including phenoxy) is 1. The number of amides is 2. The van der Waals surface area contributed by atoms with E-state index in [4.69, 9.17) is 4.74 Å². The number of thioether (sulfide) groups is 1. The molecule has 0 unspecified atom stereocenters. The van der Waals surface area contributed by atoms with E-state index in [2.05, 4.69) is 10.2 Å². The first-order chi connectivity index (χ1) is 14.7. The standard InChI is InChI=1S/C23H25N3O3S/c27-22(24-10-11-25-12-14-29-15-13-25)17-26-19-8-4-5-9-20(19)30-21(23(26)28)16-18-6-2-1-3-7-18/h1-9,16H,10-15,17H2,(H,24,27). The van der Waals surface area contributed by atoms with Crippen molar-refractivity contribution in [3.05, 3.63) is 65.1 Å². The number of hydrogen-bond acceptors (Lipinski definition) is 5. The molecule has 6 nitrogen and oxygen atoms in total. The number of nitrogens with one attached hydrogen (secondary N) is 1. The highest BCUT2D eigenvalue weighted by atomic mass is 32.2. The number of benzene rings is 2. The Balaban J connectivity index is 1.44. The van der Waals surface area contributed by atoms with E-state index < -0.39 is 0 Å². The molecule has 1 fully saturated rings. The van der Waals surface area contributed by atoms with Crippen LogP contribution in [-0.2, 0) is 14.3 Å². The van der Waals surface area contributed by atoms with Gasteiger partial charge in [-0.3, -0.25) is 19.4 Å². The fourth-order valence-electron chi connectivity index (χ4n) is 3.50. The zero-order valence-corrected chi connectivity index (χ0v) is 17.6. The van der Waals surface area contributed by atoms with Crippen LogP contribution >= 0.6 is 11.8 Å². The Morgan fingerprint density at radius 3 is 2.60 bits per heavy atom. The Kier molecular flexibility index (Phi) is 6.84. The predicted molar refractivity (Wildman–Crippen MR) is 119 cm³/mol. The number of carbonyl (C=O) groups is 2. The SMILES string of the molecule is O=C(CN1C(=O)C(=Cc2ccccc2)Sc2ccccc21)NCCN1CCOCC1. The lowest BCUT2D eigenvalue weighted by atomic mass is 10.2. The second-order valence-electron chi connectivity index (χ2n) is 7.18. The third-order valence-corrected chi connectivity index (χ3v) is 6.16. The number of carbonyl (C=O) groups excluding carboxylic acids is 2. The van der Waals surface area contributed by atoms with Gasteiger partial charge in [0.05, 0.1) is 23.8 Å². The molecule has 0 saturated carbocycles. The molecule has 4 rings (SSSR count). The van der Waals surface area contributed by atoms with E-state index in [1.165, 1.54) is 11.8 Å². The molecule has 0 atom stereocenters. The van der Waals surface area contributed by atoms with Crippen molar-refractivity contribution >= 4 is 35.3 Å². The molecule has 2 heterocycles. The molecule has 7 heteroatoms. The van der Waals surface area contributed by atoms with E-state index in [-0.39, 0.29) is 18.4 Å². The minimum atomic E-state index is -0.155. The minimum absolute atomic E-state index is 0.00560. The fourth-order valence-corrected chi connectivity index (χ4v) is 4.56. The van der Waals surface area contributed by atoms with E-state index in [1.54, 1.807) is 4.90 Å². The summed E-state index contributed by atoms with van der Waals surface area (Å²) in [6, 6.07) is 17.5. The number of morpholine rings is 1. The lowest BCUT2D eigenvalue weighted by Crippen LogP contribution is -2.45. The molecule has 2 aromatic rings. The summed E-state index contributed by atoms with van der Waals surface area (Å²) < 4.78 is 5.34. The normalized spacial score (nSPS) is 18.3. The molecule has 0 bridgehead atoms. The Morgan fingerprint density at radius 1 is 1.07 bits per heavy atom. The maximum absolute atomic E-state index is 13.2. The van der Waals surface area contributed by atoms with Gasteiger partial charge < -0.3 is 10.1 Å². The zero-order chi connectivity index (χ0) is 20.8. The molecule has 2 aliphatic rings. The van der Waals surface area contributed by atoms with Crippen LogP contribution in [0.15, 0.2) is 64.4 Å². The van der Waals surface area contributed by atoms with Crippen molar-refractivity contribution in [2.24, 2.45) is 0 Å². The lowest BCUT2D eigenvalue weighted by Gasteiger charge is -2.30. The number of rotatable bonds is 6. The van der Waals surface area contributed by atoms with Crippen LogP contribution in [-0.4, -0.2) is 62.7 Å². The van der Waals surface area contributed by atoms with Crippen LogP contribution in [0, 0.1) is 0 Å². The molecule has 2 aromatic carbocycles. The molecular formula is C23H25N3O3S. The van der Waals surface area contributed by atoms with Crippen molar-refractivity contribution in [3.8, 4) is 0 Å². The predicted octanol–water partition coefficient (Wildman–Crippen LogP) is 2.61. The molecule has 2 amide bonds. The second-order valence-corrected chi connectivity index (χ2v) is 8.27. The van der Waals surface area contributed by atoms with Crippen molar-refractivity contribution in [1.29, 1.82) is 0 Å². The molecule has 0 aliphatic carbocycles. The first-order valence-electron chi connectivity index (χ1n) is 10.1. The van der Waals surface area contributed by atoms with Crippen LogP contribution in [0.1, 0.15) is 5.56 Å². The Labute approximate surface area is 180 Å². The topological polar surface area (TPSA) is 61.9 Å². The Morgan fingerprint density at radius 2 is 1.80 bits per heavy atom. The summed E-state index contributed by atoms with van der Waals surface area (Å²) in [7, 11) is 0. The summed E-state index contributed by atoms with van der Waals surface area (Å²) in [5, 5.41) is 2.95. The highest BCUT2D eigenvalue weighted by Crippen LogP contribution is 2.41. The molecule has 30 heavy (non-hydrogen) atoms. The van der Waals surface area contributed by atoms with Crippen molar-refractivity contribution in [1.82, 2.24) is 10.2 Å². The Hall–Kier alpha value is -2.61. The van der Waals surface area contributed by atoms with Gasteiger partial charge in [-0.25, -0.2) is 0 Å². The number of hydrogen-bond donors (Lipinski definition) is 1. The van der Waals surface area contributed by atoms with Crippen LogP contribution < -0.4 is 10.2 Å². The van der Waals surface area contributed by atoms with Crippen LogP contribution in [0.2, 0.25) is 0 Å². The number of para-hydroxylation sites is 1. The fraction of sp³-hybridized carbons (Fsp3) is 0.304. The van der Waals surface area contributed by atoms with E-state index in [0.29, 0.717) is 11.4 Å². The van der Waals surface area contributed by atoms with Crippen LogP contribution in [0.3, 0.4) is 0 Å². The van der Waals surface area contributed by atoms with Gasteiger partial charge in [0.2, 0.25) is 5.91 Å². The van der Waals surface area contributed by atoms with Crippen molar-refractivity contribution in [3.63, 3.8) is 0 Å². The maximum Gasteiger partial charge on any atom is 0.265 e. The van der Waals surface area contributed by atoms with Crippen LogP contribution in [0.5, 0.6) is 0 Å². The lowest BCUT2D eigenvalue weighted by molar-refractivity contribution is -0.122. The third kappa shape index (κ3) is 5.11. The van der Waals surface area contributed by atoms with Crippen molar-refractivity contribution in [2.45, 2.75) is 4.90 Å². The molecule has 0 spiro atoms. The quantitative estimate of drug-likeness (QED) is 0.724. The maximum atomic E-state index is 13.2. The number of nitrogens with zero attached hydrogens (tertiary/aromatic N) is 2. The summed E-state index contributed by atoms with van der Waals surface area (Å²) >= 11 is 1.45. The summed E-state index contributed by atoms with van der Waals surface area (Å²) in [5.41, 5.74) is 1.74. The van der Waals surface area contributed by atoms with Crippen molar-refractivity contribution < 1.29 is 14.3 Å². The highest BCUT2D eigenvalue weighted by Gasteiger charge is 2.30. The van der Waals surface area contributed by atoms with Gasteiger partial charge in [0.25, 0.3) is 5.91 Å². The number of fused-ring (bicyclic) bond motifs is 1. The zero-order valence-electron chi connectivity index (χ0n) is 16.8. The molecule has 0 aromatic heterocycles. The van der Waals surface area contributed by atoms with E-state index in [9.17, 15) is 9.59 Å². The molecular weight excluding hydrogens is 398 g/mol. The summed E-state index contributed by atoms with van der Waals surface area (Å²) in [6.45, 7) is 4.60. The molecule has 1 N–H and O–H groups in total. The average molecular weight is 424 g/mol. The summed E-state index contributed by atoms with van der Waals surface area (Å²) in [4.78, 5) is 31.2. The minimum Gasteiger partial charge on any atom is -0.379 e. The first-order valence-corrected chi connectivity index (χ1v) is 10.9. The number of anilines is 1. The molecule has 0 radical (unpaired) electrons. The van der Waals surface area contributed by atoms with Gasteiger partial charge >= 0.3 is 0 Å². The largest absolute Gasteiger partial charge is 0.379 e. The van der Waals surface area contributed by atoms with Gasteiger partial charge in [0.1, 0.15) is 6.54 Å². The smallest absolute Gasteiger partial charge is 0.265 e. The third-order valence-electron chi connectivity index (χ3n) is 5.08. The Bertz CT molecular complexity index is 926. The molecule has 156 valence electrons. The summed E-state index contributed by atoms with van der Waals surface area (Å²) in [6.07, 6.45) is 1.88. The van der Waals surface area contributed by atoms with Gasteiger partial charge in [0, 0.05) is 31.1 Å². The average Bonchev–Trinajstić information content (AvgIpc) is 2.78. The van der Waals surface area contributed by atoms with Crippen LogP contribution in [0.25, 0.3) is 6.08 Å². The van der Waals surface area contributed by atoms with Gasteiger partial charge in [-0.1, -0.05) is 54.2 Å². The second kappa shape index (κ2) is 9.93. The van der Waals surface area contributed by atoms with Gasteiger partial charge in [-0.05, 0) is 23.8 Å². The summed E-state index contributed by atoms with van der Waals surface area (Å²) in [5.74, 6) is -0.303. The van der Waals surface area contributed by atoms with E-state index in [1.807, 2.05) is 60.7 Å². The van der Waals surface area contributed by atoms with Gasteiger partial charge in [-0.15, -0.1) is 0 Å². The van der Waals surface area contributed by atoms with Gasteiger partial charge in [-0.2, -0.15) is 0 Å². The molecule has 1 saturated heterocycles. The van der Waals surface area contributed by atoms with E-state index >= 15 is 0 Å².